The molecule has 0 saturated carbocycles. The van der Waals surface area contributed by atoms with Gasteiger partial charge in [0.15, 0.2) is 0 Å². The minimum atomic E-state index is -0.573. The molecule has 0 fully saturated rings. The summed E-state index contributed by atoms with van der Waals surface area (Å²) < 4.78 is 5.17. The number of benzene rings is 1. The van der Waals surface area contributed by atoms with Crippen molar-refractivity contribution in [3.8, 4) is 0 Å². The van der Waals surface area contributed by atoms with Crippen LogP contribution in [-0.2, 0) is 16.1 Å². The Morgan fingerprint density at radius 2 is 1.88 bits per heavy atom. The van der Waals surface area contributed by atoms with Gasteiger partial charge in [0.1, 0.15) is 5.60 Å². The van der Waals surface area contributed by atoms with E-state index in [9.17, 15) is 9.90 Å². The number of hydrogen-bond donors (Lipinski definition) is 2. The lowest BCUT2D eigenvalue weighted by Gasteiger charge is -2.18. The van der Waals surface area contributed by atoms with Crippen LogP contribution >= 0.6 is 0 Å². The van der Waals surface area contributed by atoms with Gasteiger partial charge in [-0.25, -0.2) is 4.79 Å². The lowest BCUT2D eigenvalue weighted by molar-refractivity contribution is -0.148. The van der Waals surface area contributed by atoms with Crippen molar-refractivity contribution in [2.75, 3.05) is 0 Å². The van der Waals surface area contributed by atoms with Crippen LogP contribution in [0.3, 0.4) is 0 Å². The average molecular weight is 332 g/mol. The fourth-order valence-corrected chi connectivity index (χ4v) is 1.98. The highest BCUT2D eigenvalue weighted by Crippen LogP contribution is 2.13. The van der Waals surface area contributed by atoms with Crippen molar-refractivity contribution in [1.29, 1.82) is 0 Å². The fraction of sp³-hybridized carbons (Fsp3) is 0.450. The van der Waals surface area contributed by atoms with Crippen molar-refractivity contribution in [2.24, 2.45) is 5.92 Å². The average Bonchev–Trinajstić information content (AvgIpc) is 2.51. The molecule has 4 heteroatoms. The van der Waals surface area contributed by atoms with Crippen LogP contribution < -0.4 is 0 Å². The molecule has 24 heavy (non-hydrogen) atoms. The standard InChI is InChI=1S/C20H28O4/c1-15(8-9-16-10-12-17(14-21)13-11-16)18(22)6-5-7-19(23)24-20(2,3)4/h5,7-13,15,18,21-22H,6,14H2,1-4H3/t15-,18+/m1/s1. The van der Waals surface area contributed by atoms with Gasteiger partial charge >= 0.3 is 5.97 Å². The van der Waals surface area contributed by atoms with Crippen molar-refractivity contribution in [3.63, 3.8) is 0 Å². The smallest absolute Gasteiger partial charge is 0.330 e. The van der Waals surface area contributed by atoms with Crippen molar-refractivity contribution >= 4 is 12.0 Å². The van der Waals surface area contributed by atoms with E-state index in [0.29, 0.717) is 6.42 Å². The van der Waals surface area contributed by atoms with Crippen molar-refractivity contribution in [3.05, 3.63) is 53.6 Å². The maximum absolute atomic E-state index is 11.6. The van der Waals surface area contributed by atoms with Crippen LogP contribution in [0.2, 0.25) is 0 Å². The van der Waals surface area contributed by atoms with Gasteiger partial charge in [0.2, 0.25) is 0 Å². The first kappa shape index (κ1) is 20.1. The molecule has 0 amide bonds. The van der Waals surface area contributed by atoms with Crippen LogP contribution in [0.25, 0.3) is 6.08 Å². The van der Waals surface area contributed by atoms with Crippen molar-refractivity contribution in [2.45, 2.75) is 52.4 Å². The Morgan fingerprint density at radius 1 is 1.25 bits per heavy atom. The first-order valence-corrected chi connectivity index (χ1v) is 8.17. The maximum atomic E-state index is 11.6. The van der Waals surface area contributed by atoms with E-state index in [2.05, 4.69) is 0 Å². The summed E-state index contributed by atoms with van der Waals surface area (Å²) in [7, 11) is 0. The van der Waals surface area contributed by atoms with Crippen molar-refractivity contribution in [1.82, 2.24) is 0 Å². The molecule has 0 aliphatic rings. The third-order valence-electron chi connectivity index (χ3n) is 3.40. The zero-order valence-electron chi connectivity index (χ0n) is 14.9. The zero-order chi connectivity index (χ0) is 18.2. The normalized spacial score (nSPS) is 14.9. The lowest BCUT2D eigenvalue weighted by Crippen LogP contribution is -2.22. The summed E-state index contributed by atoms with van der Waals surface area (Å²) in [6.07, 6.45) is 6.68. The second kappa shape index (κ2) is 9.40. The van der Waals surface area contributed by atoms with Gasteiger partial charge in [0.25, 0.3) is 0 Å². The molecule has 0 unspecified atom stereocenters. The van der Waals surface area contributed by atoms with E-state index in [4.69, 9.17) is 9.84 Å². The monoisotopic (exact) mass is 332 g/mol. The molecule has 4 nitrogen and oxygen atoms in total. The van der Waals surface area contributed by atoms with E-state index in [1.165, 1.54) is 6.08 Å². The number of carbonyl (C=O) groups excluding carboxylic acids is 1. The highest BCUT2D eigenvalue weighted by atomic mass is 16.6. The number of aliphatic hydroxyl groups excluding tert-OH is 2. The van der Waals surface area contributed by atoms with Crippen LogP contribution in [0, 0.1) is 5.92 Å². The summed E-state index contributed by atoms with van der Waals surface area (Å²) in [4.78, 5) is 11.6. The molecule has 2 atom stereocenters. The second-order valence-corrected chi connectivity index (χ2v) is 6.86. The van der Waals surface area contributed by atoms with E-state index in [0.717, 1.165) is 11.1 Å². The molecule has 0 radical (unpaired) electrons. The highest BCUT2D eigenvalue weighted by Gasteiger charge is 2.14. The Labute approximate surface area is 144 Å². The van der Waals surface area contributed by atoms with E-state index >= 15 is 0 Å². The third kappa shape index (κ3) is 8.09. The third-order valence-corrected chi connectivity index (χ3v) is 3.40. The summed E-state index contributed by atoms with van der Waals surface area (Å²) >= 11 is 0. The van der Waals surface area contributed by atoms with Gasteiger partial charge in [-0.15, -0.1) is 0 Å². The molecule has 0 aromatic heterocycles. The second-order valence-electron chi connectivity index (χ2n) is 6.86. The molecule has 1 aromatic carbocycles. The fourth-order valence-electron chi connectivity index (χ4n) is 1.98. The molecule has 0 saturated heterocycles. The van der Waals surface area contributed by atoms with Gasteiger partial charge in [-0.05, 0) is 38.3 Å². The molecule has 1 rings (SSSR count). The van der Waals surface area contributed by atoms with Gasteiger partial charge in [0.05, 0.1) is 12.7 Å². The van der Waals surface area contributed by atoms with Crippen LogP contribution in [0.5, 0.6) is 0 Å². The topological polar surface area (TPSA) is 66.8 Å². The first-order valence-electron chi connectivity index (χ1n) is 8.17. The zero-order valence-corrected chi connectivity index (χ0v) is 14.9. The Bertz CT molecular complexity index is 564. The molecule has 0 spiro atoms. The summed E-state index contributed by atoms with van der Waals surface area (Å²) in [6, 6.07) is 7.57. The minimum absolute atomic E-state index is 0.0308. The highest BCUT2D eigenvalue weighted by molar-refractivity contribution is 5.82. The predicted octanol–water partition coefficient (Wildman–Crippen LogP) is 3.48. The first-order chi connectivity index (χ1) is 11.2. The predicted molar refractivity (Wildman–Crippen MR) is 96.2 cm³/mol. The van der Waals surface area contributed by atoms with Crippen LogP contribution in [0.15, 0.2) is 42.5 Å². The molecule has 0 aliphatic carbocycles. The quantitative estimate of drug-likeness (QED) is 0.592. The van der Waals surface area contributed by atoms with Crippen LogP contribution in [-0.4, -0.2) is 27.9 Å². The Kier molecular flexibility index (Phi) is 7.89. The van der Waals surface area contributed by atoms with Gasteiger partial charge < -0.3 is 14.9 Å². The van der Waals surface area contributed by atoms with Gasteiger partial charge in [0, 0.05) is 12.0 Å². The summed E-state index contributed by atoms with van der Waals surface area (Å²) in [5.74, 6) is -0.451. The van der Waals surface area contributed by atoms with Crippen LogP contribution in [0.4, 0.5) is 0 Å². The molecule has 1 aromatic rings. The summed E-state index contributed by atoms with van der Waals surface area (Å²) in [5.41, 5.74) is 1.37. The molecule has 2 N–H and O–H groups in total. The summed E-state index contributed by atoms with van der Waals surface area (Å²) in [6.45, 7) is 7.39. The number of aliphatic hydroxyl groups is 2. The molecule has 132 valence electrons. The molecular weight excluding hydrogens is 304 g/mol. The van der Waals surface area contributed by atoms with E-state index < -0.39 is 17.7 Å². The maximum Gasteiger partial charge on any atom is 0.330 e. The van der Waals surface area contributed by atoms with E-state index in [1.807, 2.05) is 64.1 Å². The number of rotatable bonds is 7. The Hall–Kier alpha value is -1.91. The number of esters is 1. The molecule has 0 heterocycles. The van der Waals surface area contributed by atoms with E-state index in [1.54, 1.807) is 6.08 Å². The number of carbonyl (C=O) groups is 1. The SMILES string of the molecule is C[C@H](C=Cc1ccc(CO)cc1)[C@@H](O)CC=CC(=O)OC(C)(C)C. The van der Waals surface area contributed by atoms with Crippen molar-refractivity contribution < 1.29 is 19.7 Å². The minimum Gasteiger partial charge on any atom is -0.457 e. The van der Waals surface area contributed by atoms with Crippen LogP contribution in [0.1, 0.15) is 45.2 Å². The largest absolute Gasteiger partial charge is 0.457 e. The van der Waals surface area contributed by atoms with Gasteiger partial charge in [-0.3, -0.25) is 0 Å². The lowest BCUT2D eigenvalue weighted by atomic mass is 10.00. The molecule has 0 bridgehead atoms. The number of ether oxygens (including phenoxy) is 1. The summed E-state index contributed by atoms with van der Waals surface area (Å²) in [5, 5.41) is 19.1. The Morgan fingerprint density at radius 3 is 2.42 bits per heavy atom. The molecular formula is C20H28O4. The molecule has 0 aliphatic heterocycles. The Balaban J connectivity index is 2.47. The van der Waals surface area contributed by atoms with Gasteiger partial charge in [-0.1, -0.05) is 49.4 Å². The van der Waals surface area contributed by atoms with Gasteiger partial charge in [-0.2, -0.15) is 0 Å². The van der Waals surface area contributed by atoms with E-state index in [-0.39, 0.29) is 12.5 Å². The number of hydrogen-bond acceptors (Lipinski definition) is 4.